The van der Waals surface area contributed by atoms with Crippen LogP contribution < -0.4 is 39.1 Å². The van der Waals surface area contributed by atoms with Gasteiger partial charge in [-0.05, 0) is 116 Å². The van der Waals surface area contributed by atoms with Crippen molar-refractivity contribution in [1.29, 1.82) is 0 Å². The lowest BCUT2D eigenvalue weighted by Crippen LogP contribution is -2.43. The van der Waals surface area contributed by atoms with E-state index in [4.69, 9.17) is 76.3 Å². The Kier molecular flexibility index (Phi) is 34.5. The number of hydrogen-bond acceptors (Lipinski definition) is 24. The van der Waals surface area contributed by atoms with E-state index in [-0.39, 0.29) is 104 Å². The number of amides is 4. The van der Waals surface area contributed by atoms with Crippen LogP contribution in [0.15, 0.2) is 101 Å². The number of fused-ring (bicyclic) bond motifs is 5. The molecule has 28 nitrogen and oxygen atoms in total. The molecule has 10 rings (SSSR count). The Hall–Kier alpha value is -9.52. The normalized spacial score (nSPS) is 16.5. The van der Waals surface area contributed by atoms with E-state index >= 15 is 0 Å². The van der Waals surface area contributed by atoms with Gasteiger partial charge in [-0.2, -0.15) is 0 Å². The van der Waals surface area contributed by atoms with E-state index in [1.54, 1.807) is 53.4 Å². The Bertz CT molecular complexity index is 4020. The minimum absolute atomic E-state index is 0.0187. The molecule has 0 fully saturated rings. The van der Waals surface area contributed by atoms with Crippen molar-refractivity contribution < 1.29 is 105 Å². The van der Waals surface area contributed by atoms with E-state index in [9.17, 15) is 38.4 Å². The Morgan fingerprint density at radius 2 is 1.02 bits per heavy atom. The van der Waals surface area contributed by atoms with Crippen LogP contribution in [0.4, 0.5) is 11.4 Å². The first kappa shape index (κ1) is 85.9. The Balaban J connectivity index is 0.512. The molecule has 610 valence electrons. The fraction of sp³-hybridized carbons (Fsp3) is 0.529. The number of carbonyl (C=O) groups excluding carboxylic acids is 8. The van der Waals surface area contributed by atoms with E-state index in [1.807, 2.05) is 68.7 Å². The number of nitrogens with one attached hydrogen (secondary N) is 2. The second kappa shape index (κ2) is 45.4. The summed E-state index contributed by atoms with van der Waals surface area (Å²) in [5.74, 6) is 1.18. The number of benzene rings is 4. The van der Waals surface area contributed by atoms with E-state index < -0.39 is 12.0 Å². The first-order valence-corrected chi connectivity index (χ1v) is 39.4. The third-order valence-corrected chi connectivity index (χ3v) is 20.1. The highest BCUT2D eigenvalue weighted by molar-refractivity contribution is 6.18. The molecule has 28 heteroatoms. The van der Waals surface area contributed by atoms with Crippen molar-refractivity contribution in [2.24, 2.45) is 27.7 Å². The van der Waals surface area contributed by atoms with E-state index in [0.29, 0.717) is 246 Å². The Labute approximate surface area is 660 Å². The number of carbonyl (C=O) groups is 8. The predicted molar refractivity (Wildman–Crippen MR) is 420 cm³/mol. The van der Waals surface area contributed by atoms with Crippen molar-refractivity contribution in [3.05, 3.63) is 119 Å². The number of hydrogen-bond donors (Lipinski definition) is 2. The van der Waals surface area contributed by atoms with Gasteiger partial charge in [-0.1, -0.05) is 50.6 Å². The molecular weight excluding hydrogens is 1460 g/mol. The molecule has 0 spiro atoms. The van der Waals surface area contributed by atoms with Gasteiger partial charge in [0.2, 0.25) is 18.6 Å². The molecule has 0 saturated heterocycles. The number of ether oxygens (including phenoxy) is 14. The van der Waals surface area contributed by atoms with Gasteiger partial charge in [-0.3, -0.25) is 48.3 Å². The summed E-state index contributed by atoms with van der Waals surface area (Å²) >= 11 is 0. The van der Waals surface area contributed by atoms with Crippen molar-refractivity contribution >= 4 is 81.7 Å². The molecule has 0 bridgehead atoms. The van der Waals surface area contributed by atoms with Gasteiger partial charge in [0, 0.05) is 94.4 Å². The molecule has 0 saturated carbocycles. The SMILES string of the molecule is COc1cc2c(cc1OCCCOc1cc3c(cc1OC)C(=O)N1C=C(c4ccc5c(c4)OCO5)C[C@H]1C=N3)N=C[C@@H]1CC(c3ccc(CCCC(=O)[C@H](C)NC(=O)C(CCCC(=O)CCOCCOCCOCCOCCOCCOCCOCCOCCNC(=O)CCCCC4C(=O)C=CC4=O)C(C)C)cc3)=CN1C2=O. The number of rotatable bonds is 54. The maximum absolute atomic E-state index is 14.2. The summed E-state index contributed by atoms with van der Waals surface area (Å²) in [7, 11) is 3.05. The minimum atomic E-state index is -0.651. The molecule has 113 heavy (non-hydrogen) atoms. The van der Waals surface area contributed by atoms with Gasteiger partial charge < -0.3 is 86.7 Å². The number of Topliss-reactive ketones (excluding diaryl/α,β-unsaturated/α-hetero) is 2. The summed E-state index contributed by atoms with van der Waals surface area (Å²) in [5.41, 5.74) is 6.70. The third-order valence-electron chi connectivity index (χ3n) is 20.1. The van der Waals surface area contributed by atoms with Crippen molar-refractivity contribution in [3.8, 4) is 34.5 Å². The molecule has 5 aliphatic heterocycles. The number of aryl methyl sites for hydroxylation is 1. The van der Waals surface area contributed by atoms with Crippen LogP contribution in [0.25, 0.3) is 11.1 Å². The highest BCUT2D eigenvalue weighted by Crippen LogP contribution is 2.43. The fourth-order valence-electron chi connectivity index (χ4n) is 13.7. The van der Waals surface area contributed by atoms with E-state index in [2.05, 4.69) is 10.6 Å². The lowest BCUT2D eigenvalue weighted by Gasteiger charge is -2.22. The summed E-state index contributed by atoms with van der Waals surface area (Å²) in [4.78, 5) is 116. The van der Waals surface area contributed by atoms with Crippen molar-refractivity contribution in [2.75, 3.05) is 146 Å². The number of unbranched alkanes of at least 4 members (excludes halogenated alkanes) is 1. The first-order chi connectivity index (χ1) is 55.0. The third kappa shape index (κ3) is 26.0. The lowest BCUT2D eigenvalue weighted by molar-refractivity contribution is -0.131. The molecule has 4 aromatic rings. The van der Waals surface area contributed by atoms with Crippen LogP contribution in [0.3, 0.4) is 0 Å². The second-order valence-electron chi connectivity index (χ2n) is 28.5. The van der Waals surface area contributed by atoms with Gasteiger partial charge in [0.05, 0.1) is 180 Å². The Morgan fingerprint density at radius 1 is 0.513 bits per heavy atom. The van der Waals surface area contributed by atoms with Crippen LogP contribution in [-0.2, 0) is 73.1 Å². The van der Waals surface area contributed by atoms with Crippen molar-refractivity contribution in [2.45, 2.75) is 129 Å². The molecule has 2 N–H and O–H groups in total. The maximum Gasteiger partial charge on any atom is 0.260 e. The predicted octanol–water partition coefficient (Wildman–Crippen LogP) is 10.2. The summed E-state index contributed by atoms with van der Waals surface area (Å²) in [6.45, 7) is 13.2. The van der Waals surface area contributed by atoms with E-state index in [0.717, 1.165) is 27.8 Å². The van der Waals surface area contributed by atoms with Crippen LogP contribution in [0, 0.1) is 17.8 Å². The average Bonchev–Trinajstić information content (AvgIpc) is 1.69. The Morgan fingerprint density at radius 3 is 1.55 bits per heavy atom. The van der Waals surface area contributed by atoms with Gasteiger partial charge in [-0.25, -0.2) is 0 Å². The van der Waals surface area contributed by atoms with Gasteiger partial charge >= 0.3 is 0 Å². The second-order valence-corrected chi connectivity index (χ2v) is 28.5. The number of aliphatic imine (C=N–C) groups is 2. The van der Waals surface area contributed by atoms with Crippen LogP contribution in [0.2, 0.25) is 0 Å². The first-order valence-electron chi connectivity index (χ1n) is 39.4. The summed E-state index contributed by atoms with van der Waals surface area (Å²) in [5, 5.41) is 5.75. The number of nitrogens with zero attached hydrogens (tertiary/aromatic N) is 4. The molecule has 6 aliphatic rings. The molecular formula is C85H108N6O22. The summed E-state index contributed by atoms with van der Waals surface area (Å²) in [6.07, 6.45) is 17.0. The molecule has 4 atom stereocenters. The molecule has 0 radical (unpaired) electrons. The standard InChI is InChI=1S/C85H108N6O22/c1-57(2)67(14-9-12-66(92)25-29-102-31-33-104-35-37-106-39-41-108-43-44-109-42-40-107-38-36-105-34-32-103-30-26-86-82(96)16-7-6-13-68-74(94)22-23-75(68)95)83(97)89-58(3)73(93)15-8-11-59-17-19-60(20-18-59)62-45-64-52-87-71-50-80(77(100-4)48-69(71)84(98)90(64)54-62)110-27-10-28-111-81-51-72-70(49-78(81)101-5)85(99)91-55-63(46-65(91)53-88-72)61-21-24-76-79(47-61)113-56-112-76/h17-24,47-55,57-58,64-65,67-68H,6-16,25-46,56H2,1-5H3,(H,86,96)(H,89,97)/t58-,64-,65-,67?/m0/s1. The van der Waals surface area contributed by atoms with E-state index in [1.165, 1.54) is 26.4 Å². The van der Waals surface area contributed by atoms with Gasteiger partial charge in [0.25, 0.3) is 11.8 Å². The van der Waals surface area contributed by atoms with Gasteiger partial charge in [-0.15, -0.1) is 0 Å². The smallest absolute Gasteiger partial charge is 0.260 e. The van der Waals surface area contributed by atoms with Crippen LogP contribution >= 0.6 is 0 Å². The zero-order valence-electron chi connectivity index (χ0n) is 65.6. The maximum atomic E-state index is 14.2. The van der Waals surface area contributed by atoms with Crippen LogP contribution in [-0.4, -0.2) is 234 Å². The largest absolute Gasteiger partial charge is 0.493 e. The van der Waals surface area contributed by atoms with Crippen LogP contribution in [0.5, 0.6) is 34.5 Å². The number of allylic oxidation sites excluding steroid dienone is 2. The van der Waals surface area contributed by atoms with Crippen LogP contribution in [0.1, 0.15) is 142 Å². The minimum Gasteiger partial charge on any atom is -0.493 e. The molecule has 5 heterocycles. The lowest BCUT2D eigenvalue weighted by atomic mass is 9.88. The topological polar surface area (TPSA) is 321 Å². The quantitative estimate of drug-likeness (QED) is 0.0306. The molecule has 0 aromatic heterocycles. The zero-order valence-corrected chi connectivity index (χ0v) is 65.6. The molecule has 1 aliphatic carbocycles. The number of ketones is 4. The zero-order chi connectivity index (χ0) is 79.7. The fourth-order valence-corrected chi connectivity index (χ4v) is 13.7. The molecule has 4 amide bonds. The molecule has 1 unspecified atom stereocenters. The number of methoxy groups -OCH3 is 2. The van der Waals surface area contributed by atoms with Crippen molar-refractivity contribution in [3.63, 3.8) is 0 Å². The van der Waals surface area contributed by atoms with Crippen molar-refractivity contribution in [1.82, 2.24) is 20.4 Å². The van der Waals surface area contributed by atoms with Gasteiger partial charge in [0.15, 0.2) is 51.8 Å². The molecule has 4 aromatic carbocycles. The summed E-state index contributed by atoms with van der Waals surface area (Å²) < 4.78 is 79.2. The average molecular weight is 1570 g/mol. The monoisotopic (exact) mass is 1560 g/mol. The summed E-state index contributed by atoms with van der Waals surface area (Å²) in [6, 6.07) is 19.5. The highest BCUT2D eigenvalue weighted by Gasteiger charge is 2.37. The highest BCUT2D eigenvalue weighted by atomic mass is 16.7. The van der Waals surface area contributed by atoms with Gasteiger partial charge in [0.1, 0.15) is 5.78 Å².